The second kappa shape index (κ2) is 3.83. The highest BCUT2D eigenvalue weighted by Gasteiger charge is 1.56. The van der Waals surface area contributed by atoms with E-state index in [4.69, 9.17) is 0 Å². The van der Waals surface area contributed by atoms with Crippen LogP contribution in [0.25, 0.3) is 0 Å². The van der Waals surface area contributed by atoms with Crippen LogP contribution in [0.1, 0.15) is 0 Å². The van der Waals surface area contributed by atoms with Crippen LogP contribution >= 0.6 is 18.1 Å². The summed E-state index contributed by atoms with van der Waals surface area (Å²) in [7, 11) is 0. The third kappa shape index (κ3) is 2.83. The molecule has 0 fully saturated rings. The Morgan fingerprint density at radius 2 is 2.25 bits per heavy atom. The average Bonchev–Trinajstić information content (AvgIpc) is 1.37. The lowest BCUT2D eigenvalue weighted by Crippen LogP contribution is -2.33. The third-order valence-electron chi connectivity index (χ3n) is 0.0527. The maximum Gasteiger partial charge on any atom is 0.141 e. The van der Waals surface area contributed by atoms with Crippen molar-refractivity contribution in [1.29, 1.82) is 0 Å². The van der Waals surface area contributed by atoms with Crippen molar-refractivity contribution in [2.24, 2.45) is 0 Å². The lowest BCUT2D eigenvalue weighted by molar-refractivity contribution is -0.132. The van der Waals surface area contributed by atoms with E-state index < -0.39 is 0 Å². The highest BCUT2D eigenvalue weighted by Crippen LogP contribution is 2.01. The summed E-state index contributed by atoms with van der Waals surface area (Å²) in [6.07, 6.45) is 0. The molecule has 1 nitrogen and oxygen atoms in total. The van der Waals surface area contributed by atoms with Gasteiger partial charge in [-0.3, -0.25) is 5.14 Å². The van der Waals surface area contributed by atoms with Gasteiger partial charge in [0.25, 0.3) is 0 Å². The van der Waals surface area contributed by atoms with Crippen molar-refractivity contribution in [2.75, 3.05) is 0 Å². The summed E-state index contributed by atoms with van der Waals surface area (Å²) in [4.78, 5) is 0. The normalized spacial score (nSPS) is 8.25. The van der Waals surface area contributed by atoms with Crippen LogP contribution in [0.5, 0.6) is 0 Å². The summed E-state index contributed by atoms with van der Waals surface area (Å²) < 4.78 is 0. The predicted molar refractivity (Wildman–Crippen MR) is 24.8 cm³/mol. The van der Waals surface area contributed by atoms with E-state index >= 15 is 0 Å². The Morgan fingerprint density at radius 3 is 2.25 bits per heavy atom. The fourth-order valence-electron chi connectivity index (χ4n) is 0. The molecule has 0 aliphatic rings. The molecule has 3 N–H and O–H groups in total. The quantitative estimate of drug-likeness (QED) is 0.387. The van der Waals surface area contributed by atoms with Gasteiger partial charge in [-0.15, -0.1) is 0 Å². The fraction of sp³-hybridized carbons (Fsp3) is 0. The minimum Gasteiger partial charge on any atom is -0.287 e. The Kier molecular flexibility index (Phi) is 4.62. The largest absolute Gasteiger partial charge is 0.287 e. The number of hydrogen-bond acceptors (Lipinski definition) is 2. The Labute approximate surface area is 35.7 Å². The molecule has 0 aromatic rings. The zero-order valence-corrected chi connectivity index (χ0v) is 4.50. The van der Waals surface area contributed by atoms with Crippen molar-refractivity contribution in [3.63, 3.8) is 0 Å². The maximum atomic E-state index is 4.43. The first-order valence-electron chi connectivity index (χ1n) is 0.654. The minimum absolute atomic E-state index is 0.887. The second-order valence-corrected chi connectivity index (χ2v) is 3.17. The van der Waals surface area contributed by atoms with E-state index in [1.54, 1.807) is 0 Å². The fourth-order valence-corrected chi connectivity index (χ4v) is 0. The van der Waals surface area contributed by atoms with Gasteiger partial charge in [0.15, 0.2) is 0 Å². The van der Waals surface area contributed by atoms with Crippen LogP contribution in [0.4, 0.5) is 0 Å². The molecule has 0 aromatic carbocycles. The molecule has 24 valence electrons. The van der Waals surface area contributed by atoms with E-state index in [1.165, 1.54) is 11.6 Å². The Hall–Kier alpha value is 0.830. The van der Waals surface area contributed by atoms with Gasteiger partial charge < -0.3 is 0 Å². The lowest BCUT2D eigenvalue weighted by Gasteiger charge is -1.49. The van der Waals surface area contributed by atoms with Gasteiger partial charge in [-0.25, -0.2) is 0 Å². The molecule has 0 aromatic heterocycles. The Bertz CT molecular complexity index is 20.0. The van der Waals surface area contributed by atoms with Gasteiger partial charge in [-0.2, -0.15) is 0 Å². The molecule has 0 aliphatic heterocycles. The van der Waals surface area contributed by atoms with Crippen molar-refractivity contribution in [1.82, 2.24) is 0 Å². The molecule has 0 rings (SSSR count). The molecule has 0 saturated carbocycles. The van der Waals surface area contributed by atoms with Gasteiger partial charge in [-0.05, 0) is 11.8 Å². The van der Waals surface area contributed by atoms with Crippen LogP contribution in [0.3, 0.4) is 0 Å². The molecule has 0 atom stereocenters. The average molecular weight is 112 g/mol. The zero-order valence-electron chi connectivity index (χ0n) is 1.97. The monoisotopic (exact) mass is 112 g/mol. The van der Waals surface area contributed by atoms with Gasteiger partial charge in [0.1, 0.15) is 18.1 Å². The van der Waals surface area contributed by atoms with E-state index in [9.17, 15) is 0 Å². The standard InChI is InChI=1S/H2NPS2/c1-4-2-3/h1H2/p+1. The molecule has 4 heteroatoms. The molecule has 4 heavy (non-hydrogen) atoms. The van der Waals surface area contributed by atoms with Crippen LogP contribution in [0.2, 0.25) is 0 Å². The second-order valence-electron chi connectivity index (χ2n) is 0.204. The van der Waals surface area contributed by atoms with Gasteiger partial charge >= 0.3 is 0 Å². The molecular formula is H3NPS2+. The Balaban J connectivity index is 2.30. The molecule has 0 heterocycles. The molecule has 0 radical (unpaired) electrons. The molecular weight excluding hydrogens is 109 g/mol. The summed E-state index contributed by atoms with van der Waals surface area (Å²) >= 11 is 5.82. The molecule has 0 aliphatic carbocycles. The van der Waals surface area contributed by atoms with Crippen molar-refractivity contribution in [2.45, 2.75) is 0 Å². The summed E-state index contributed by atoms with van der Waals surface area (Å²) in [6, 6.07) is 0. The van der Waals surface area contributed by atoms with E-state index in [2.05, 4.69) is 16.9 Å². The van der Waals surface area contributed by atoms with Crippen molar-refractivity contribution < 1.29 is 5.14 Å². The molecule has 0 amide bonds. The molecule has 0 spiro atoms. The van der Waals surface area contributed by atoms with Gasteiger partial charge in [-0.1, -0.05) is 0 Å². The molecule has 0 bridgehead atoms. The van der Waals surface area contributed by atoms with Crippen LogP contribution in [-0.2, 0) is 11.8 Å². The van der Waals surface area contributed by atoms with Crippen LogP contribution in [0, 0.1) is 0 Å². The zero-order chi connectivity index (χ0) is 3.41. The van der Waals surface area contributed by atoms with E-state index in [0.717, 1.165) is 6.56 Å². The number of rotatable bonds is 1. The highest BCUT2D eigenvalue weighted by atomic mass is 32.9. The summed E-state index contributed by atoms with van der Waals surface area (Å²) in [5, 5.41) is 3.40. The van der Waals surface area contributed by atoms with Crippen LogP contribution in [0.15, 0.2) is 0 Å². The summed E-state index contributed by atoms with van der Waals surface area (Å²) in [5.74, 6) is 0. The Morgan fingerprint density at radius 1 is 2.00 bits per heavy atom. The summed E-state index contributed by atoms with van der Waals surface area (Å²) in [5.41, 5.74) is 0. The first-order valence-corrected chi connectivity index (χ1v) is 4.15. The van der Waals surface area contributed by atoms with Crippen LogP contribution < -0.4 is 5.14 Å². The first-order chi connectivity index (χ1) is 1.91. The molecule has 0 unspecified atom stereocenters. The van der Waals surface area contributed by atoms with Gasteiger partial charge in [0.05, 0.1) is 0 Å². The van der Waals surface area contributed by atoms with Crippen molar-refractivity contribution in [3.8, 4) is 0 Å². The predicted octanol–water partition coefficient (Wildman–Crippen LogP) is 0.200. The topological polar surface area (TPSA) is 27.6 Å². The van der Waals surface area contributed by atoms with Gasteiger partial charge in [0.2, 0.25) is 0 Å². The van der Waals surface area contributed by atoms with E-state index in [1.807, 2.05) is 0 Å². The lowest BCUT2D eigenvalue weighted by atomic mass is 14.0. The van der Waals surface area contributed by atoms with Crippen molar-refractivity contribution in [3.05, 3.63) is 0 Å². The summed E-state index contributed by atoms with van der Waals surface area (Å²) in [6.45, 7) is 0.887. The van der Waals surface area contributed by atoms with E-state index in [0.29, 0.717) is 0 Å². The smallest absolute Gasteiger partial charge is 0.141 e. The molecule has 0 saturated heterocycles. The highest BCUT2D eigenvalue weighted by molar-refractivity contribution is 8.54. The van der Waals surface area contributed by atoms with E-state index in [-0.39, 0.29) is 0 Å². The van der Waals surface area contributed by atoms with Crippen LogP contribution in [-0.4, -0.2) is 0 Å². The SMILES string of the molecule is [NH3+]SP=S. The number of hydrogen-bond donors (Lipinski definition) is 1. The first kappa shape index (κ1) is 4.83. The number of quaternary nitrogens is 1. The maximum absolute atomic E-state index is 4.43. The third-order valence-corrected chi connectivity index (χ3v) is 1.42. The van der Waals surface area contributed by atoms with Crippen molar-refractivity contribution >= 4 is 29.9 Å². The van der Waals surface area contributed by atoms with Gasteiger partial charge in [0, 0.05) is 0 Å². The minimum atomic E-state index is 0.887.